The maximum absolute atomic E-state index is 13.4. The molecule has 3 aromatic rings. The van der Waals surface area contributed by atoms with Crippen LogP contribution >= 0.6 is 0 Å². The smallest absolute Gasteiger partial charge is 0.289 e. The van der Waals surface area contributed by atoms with Crippen molar-refractivity contribution in [2.24, 2.45) is 0 Å². The molecule has 4 rings (SSSR count). The van der Waals surface area contributed by atoms with Crippen LogP contribution in [0.15, 0.2) is 65.6 Å². The van der Waals surface area contributed by atoms with E-state index in [1.54, 1.807) is 12.1 Å². The van der Waals surface area contributed by atoms with Gasteiger partial charge < -0.3 is 0 Å². The first-order chi connectivity index (χ1) is 14.5. The molecule has 10 heteroatoms. The number of anilines is 1. The van der Waals surface area contributed by atoms with Gasteiger partial charge in [0.1, 0.15) is 5.82 Å². The molecule has 1 aliphatic carbocycles. The van der Waals surface area contributed by atoms with Crippen molar-refractivity contribution in [3.8, 4) is 0 Å². The van der Waals surface area contributed by atoms with Gasteiger partial charge in [-0.25, -0.2) is 12.8 Å². The van der Waals surface area contributed by atoms with E-state index in [0.717, 1.165) is 18.2 Å². The number of alkyl halides is 3. The molecule has 0 aliphatic heterocycles. The van der Waals surface area contributed by atoms with Gasteiger partial charge in [-0.05, 0) is 36.4 Å². The fourth-order valence-corrected chi connectivity index (χ4v) is 4.34. The van der Waals surface area contributed by atoms with Crippen molar-refractivity contribution >= 4 is 27.3 Å². The topological polar surface area (TPSA) is 80.3 Å². The Morgan fingerprint density at radius 1 is 0.742 bits per heavy atom. The van der Waals surface area contributed by atoms with Crippen LogP contribution < -0.4 is 4.72 Å². The molecule has 0 amide bonds. The fraction of sp³-hybridized carbons (Fsp3) is 0.0476. The zero-order chi connectivity index (χ0) is 22.6. The Bertz CT molecular complexity index is 1360. The third kappa shape index (κ3) is 3.59. The number of halogens is 4. The van der Waals surface area contributed by atoms with Gasteiger partial charge >= 0.3 is 6.18 Å². The number of hydrogen-bond acceptors (Lipinski definition) is 4. The normalized spacial score (nSPS) is 13.5. The van der Waals surface area contributed by atoms with Gasteiger partial charge in [0.05, 0.1) is 10.5 Å². The molecular weight excluding hydrogens is 438 g/mol. The molecule has 0 saturated carbocycles. The molecule has 0 bridgehead atoms. The minimum absolute atomic E-state index is 0.0174. The molecule has 5 nitrogen and oxygen atoms in total. The van der Waals surface area contributed by atoms with Crippen LogP contribution in [-0.4, -0.2) is 20.0 Å². The van der Waals surface area contributed by atoms with E-state index < -0.39 is 49.7 Å². The van der Waals surface area contributed by atoms with Crippen LogP contribution in [0.25, 0.3) is 0 Å². The summed E-state index contributed by atoms with van der Waals surface area (Å²) in [5, 5.41) is 0. The molecule has 0 atom stereocenters. The average molecular weight is 449 g/mol. The summed E-state index contributed by atoms with van der Waals surface area (Å²) < 4.78 is 79.4. The lowest BCUT2D eigenvalue weighted by molar-refractivity contribution is -0.139. The van der Waals surface area contributed by atoms with Gasteiger partial charge in [0.2, 0.25) is 0 Å². The predicted octanol–water partition coefficient (Wildman–Crippen LogP) is 4.42. The third-order valence-corrected chi connectivity index (χ3v) is 6.11. The Labute approximate surface area is 173 Å². The number of sulfonamides is 1. The van der Waals surface area contributed by atoms with E-state index in [0.29, 0.717) is 12.1 Å². The first-order valence-corrected chi connectivity index (χ1v) is 10.2. The van der Waals surface area contributed by atoms with E-state index in [1.807, 2.05) is 4.72 Å². The second-order valence-electron chi connectivity index (χ2n) is 6.71. The maximum atomic E-state index is 13.4. The Morgan fingerprint density at radius 2 is 1.32 bits per heavy atom. The molecule has 0 radical (unpaired) electrons. The first-order valence-electron chi connectivity index (χ1n) is 8.71. The van der Waals surface area contributed by atoms with Crippen molar-refractivity contribution in [1.29, 1.82) is 0 Å². The Hall–Kier alpha value is -3.53. The highest BCUT2D eigenvalue weighted by Crippen LogP contribution is 2.34. The third-order valence-electron chi connectivity index (χ3n) is 4.73. The number of carbonyl (C=O) groups excluding carboxylic acids is 2. The van der Waals surface area contributed by atoms with Crippen molar-refractivity contribution < 1.29 is 35.6 Å². The van der Waals surface area contributed by atoms with Crippen LogP contribution in [-0.2, 0) is 16.2 Å². The highest BCUT2D eigenvalue weighted by atomic mass is 32.2. The number of rotatable bonds is 3. The van der Waals surface area contributed by atoms with Crippen molar-refractivity contribution in [3.63, 3.8) is 0 Å². The average Bonchev–Trinajstić information content (AvgIpc) is 2.72. The molecule has 0 spiro atoms. The molecule has 0 heterocycles. The van der Waals surface area contributed by atoms with E-state index in [2.05, 4.69) is 0 Å². The lowest BCUT2D eigenvalue weighted by Gasteiger charge is -2.18. The van der Waals surface area contributed by atoms with Crippen molar-refractivity contribution in [3.05, 3.63) is 94.3 Å². The van der Waals surface area contributed by atoms with Crippen molar-refractivity contribution in [2.45, 2.75) is 11.1 Å². The van der Waals surface area contributed by atoms with Gasteiger partial charge in [0.15, 0.2) is 11.6 Å². The van der Waals surface area contributed by atoms with Crippen molar-refractivity contribution in [2.75, 3.05) is 4.72 Å². The molecule has 1 N–H and O–H groups in total. The van der Waals surface area contributed by atoms with Crippen LogP contribution in [0, 0.1) is 5.82 Å². The zero-order valence-electron chi connectivity index (χ0n) is 15.3. The Morgan fingerprint density at radius 3 is 1.94 bits per heavy atom. The summed E-state index contributed by atoms with van der Waals surface area (Å²) in [7, 11) is -4.44. The lowest BCUT2D eigenvalue weighted by atomic mass is 9.84. The van der Waals surface area contributed by atoms with E-state index in [-0.39, 0.29) is 22.3 Å². The fourth-order valence-electron chi connectivity index (χ4n) is 3.27. The van der Waals surface area contributed by atoms with E-state index in [9.17, 15) is 35.6 Å². The number of benzene rings is 3. The van der Waals surface area contributed by atoms with E-state index in [1.165, 1.54) is 18.2 Å². The van der Waals surface area contributed by atoms with Crippen LogP contribution in [0.4, 0.5) is 23.2 Å². The molecule has 158 valence electrons. The van der Waals surface area contributed by atoms with Gasteiger partial charge in [-0.3, -0.25) is 14.3 Å². The monoisotopic (exact) mass is 449 g/mol. The molecule has 31 heavy (non-hydrogen) atoms. The van der Waals surface area contributed by atoms with Gasteiger partial charge in [0.25, 0.3) is 10.0 Å². The van der Waals surface area contributed by atoms with Gasteiger partial charge in [-0.2, -0.15) is 13.2 Å². The van der Waals surface area contributed by atoms with Gasteiger partial charge in [-0.1, -0.05) is 24.3 Å². The maximum Gasteiger partial charge on any atom is 0.419 e. The molecule has 0 fully saturated rings. The lowest BCUT2D eigenvalue weighted by Crippen LogP contribution is -2.22. The quantitative estimate of drug-likeness (QED) is 0.470. The largest absolute Gasteiger partial charge is 0.419 e. The molecule has 0 unspecified atom stereocenters. The van der Waals surface area contributed by atoms with Gasteiger partial charge in [-0.15, -0.1) is 0 Å². The highest BCUT2D eigenvalue weighted by Gasteiger charge is 2.35. The molecule has 0 saturated heterocycles. The summed E-state index contributed by atoms with van der Waals surface area (Å²) in [5.41, 5.74) is -1.95. The predicted molar refractivity (Wildman–Crippen MR) is 102 cm³/mol. The standard InChI is InChI=1S/C21H11F4NO4S/c22-18-8-5-11(9-17(18)21(23,24)25)26-31(29,30)12-6-7-15-16(10-12)20(28)14-4-2-1-3-13(14)19(15)27/h1-10,26H. The van der Waals surface area contributed by atoms with Crippen molar-refractivity contribution in [1.82, 2.24) is 0 Å². The summed E-state index contributed by atoms with van der Waals surface area (Å²) in [6, 6.07) is 11.0. The molecule has 0 aromatic heterocycles. The van der Waals surface area contributed by atoms with Crippen LogP contribution in [0.3, 0.4) is 0 Å². The first kappa shape index (κ1) is 20.7. The summed E-state index contributed by atoms with van der Waals surface area (Å²) in [5.74, 6) is -2.55. The second-order valence-corrected chi connectivity index (χ2v) is 8.39. The van der Waals surface area contributed by atoms with Crippen LogP contribution in [0.5, 0.6) is 0 Å². The summed E-state index contributed by atoms with van der Waals surface area (Å²) >= 11 is 0. The van der Waals surface area contributed by atoms with E-state index in [4.69, 9.17) is 0 Å². The zero-order valence-corrected chi connectivity index (χ0v) is 16.1. The van der Waals surface area contributed by atoms with Gasteiger partial charge in [0, 0.05) is 27.9 Å². The minimum atomic E-state index is -5.02. The van der Waals surface area contributed by atoms with Crippen LogP contribution in [0.1, 0.15) is 37.4 Å². The number of ketones is 2. The SMILES string of the molecule is O=C1c2ccccc2C(=O)c2cc(S(=O)(=O)Nc3ccc(F)c(C(F)(F)F)c3)ccc21. The second kappa shape index (κ2) is 7.02. The Balaban J connectivity index is 1.73. The Kier molecular flexibility index (Phi) is 4.69. The minimum Gasteiger partial charge on any atom is -0.289 e. The number of carbonyl (C=O) groups is 2. The highest BCUT2D eigenvalue weighted by molar-refractivity contribution is 7.92. The summed E-state index contributed by atoms with van der Waals surface area (Å²) in [6.45, 7) is 0. The number of hydrogen-bond donors (Lipinski definition) is 1. The van der Waals surface area contributed by atoms with Crippen LogP contribution in [0.2, 0.25) is 0 Å². The molecule has 3 aromatic carbocycles. The summed E-state index contributed by atoms with van der Waals surface area (Å²) in [6.07, 6.45) is -5.02. The number of fused-ring (bicyclic) bond motifs is 2. The molecular formula is C21H11F4NO4S. The molecule has 1 aliphatic rings. The van der Waals surface area contributed by atoms with E-state index >= 15 is 0 Å². The summed E-state index contributed by atoms with van der Waals surface area (Å²) in [4.78, 5) is 24.9. The number of nitrogens with one attached hydrogen (secondary N) is 1.